The maximum Gasteiger partial charge on any atom is 0.270 e. The first-order valence-electron chi connectivity index (χ1n) is 12.4. The molecule has 0 aromatic heterocycles. The van der Waals surface area contributed by atoms with Crippen molar-refractivity contribution in [2.75, 3.05) is 49.2 Å². The number of morpholine rings is 1. The predicted molar refractivity (Wildman–Crippen MR) is 151 cm³/mol. The molecule has 1 fully saturated rings. The zero-order chi connectivity index (χ0) is 28.7. The molecule has 3 aromatic rings. The van der Waals surface area contributed by atoms with Gasteiger partial charge < -0.3 is 14.4 Å². The third kappa shape index (κ3) is 6.74. The molecule has 1 amide bonds. The van der Waals surface area contributed by atoms with Crippen molar-refractivity contribution >= 4 is 39.2 Å². The van der Waals surface area contributed by atoms with E-state index >= 15 is 0 Å². The number of hydrogen-bond acceptors (Lipinski definition) is 9. The maximum absolute atomic E-state index is 13.5. The van der Waals surface area contributed by atoms with Crippen molar-refractivity contribution in [1.29, 1.82) is 0 Å². The number of sulfonamides is 1. The molecule has 40 heavy (non-hydrogen) atoms. The summed E-state index contributed by atoms with van der Waals surface area (Å²) in [6.07, 6.45) is 1.31. The second-order valence-corrected chi connectivity index (χ2v) is 10.8. The van der Waals surface area contributed by atoms with E-state index in [-0.39, 0.29) is 16.3 Å². The lowest BCUT2D eigenvalue weighted by atomic mass is 10.1. The summed E-state index contributed by atoms with van der Waals surface area (Å²) in [5, 5.41) is 15.3. The number of rotatable bonds is 10. The van der Waals surface area contributed by atoms with E-state index in [1.807, 2.05) is 11.8 Å². The van der Waals surface area contributed by atoms with Crippen LogP contribution in [-0.4, -0.2) is 65.4 Å². The molecule has 1 heterocycles. The van der Waals surface area contributed by atoms with Crippen LogP contribution in [0.1, 0.15) is 11.1 Å². The Bertz CT molecular complexity index is 1490. The van der Waals surface area contributed by atoms with Crippen LogP contribution in [0.2, 0.25) is 0 Å². The average Bonchev–Trinajstić information content (AvgIpc) is 2.96. The Kier molecular flexibility index (Phi) is 8.97. The van der Waals surface area contributed by atoms with Crippen molar-refractivity contribution in [2.45, 2.75) is 11.8 Å². The van der Waals surface area contributed by atoms with Crippen LogP contribution in [0.3, 0.4) is 0 Å². The summed E-state index contributed by atoms with van der Waals surface area (Å²) in [5.74, 6) is -0.181. The number of benzene rings is 3. The van der Waals surface area contributed by atoms with E-state index in [0.29, 0.717) is 43.3 Å². The Morgan fingerprint density at radius 3 is 2.42 bits per heavy atom. The normalized spacial score (nSPS) is 13.7. The predicted octanol–water partition coefficient (Wildman–Crippen LogP) is 3.09. The fraction of sp³-hybridized carbons (Fsp3) is 0.259. The highest BCUT2D eigenvalue weighted by Gasteiger charge is 2.27. The largest absolute Gasteiger partial charge is 0.497 e. The summed E-state index contributed by atoms with van der Waals surface area (Å²) >= 11 is 0. The monoisotopic (exact) mass is 567 g/mol. The zero-order valence-corrected chi connectivity index (χ0v) is 22.8. The first kappa shape index (κ1) is 28.5. The van der Waals surface area contributed by atoms with Crippen LogP contribution in [0.25, 0.3) is 0 Å². The van der Waals surface area contributed by atoms with Gasteiger partial charge in [0.25, 0.3) is 21.6 Å². The number of amides is 1. The quantitative estimate of drug-likeness (QED) is 0.224. The number of nitrogens with zero attached hydrogens (tertiary/aromatic N) is 4. The van der Waals surface area contributed by atoms with E-state index in [2.05, 4.69) is 10.5 Å². The minimum Gasteiger partial charge on any atom is -0.497 e. The number of nitro benzene ring substituents is 1. The smallest absolute Gasteiger partial charge is 0.270 e. The molecule has 0 spiro atoms. The molecule has 1 aliphatic heterocycles. The summed E-state index contributed by atoms with van der Waals surface area (Å²) in [6.45, 7) is 3.50. The first-order chi connectivity index (χ1) is 19.2. The summed E-state index contributed by atoms with van der Waals surface area (Å²) in [4.78, 5) is 25.8. The van der Waals surface area contributed by atoms with Gasteiger partial charge in [-0.1, -0.05) is 17.7 Å². The fourth-order valence-corrected chi connectivity index (χ4v) is 5.51. The van der Waals surface area contributed by atoms with Gasteiger partial charge >= 0.3 is 0 Å². The second kappa shape index (κ2) is 12.6. The van der Waals surface area contributed by atoms with Gasteiger partial charge in [0, 0.05) is 36.5 Å². The molecule has 0 aliphatic carbocycles. The van der Waals surface area contributed by atoms with Gasteiger partial charge in [0.1, 0.15) is 12.3 Å². The molecule has 1 saturated heterocycles. The lowest BCUT2D eigenvalue weighted by Gasteiger charge is -2.29. The Labute approximate surface area is 232 Å². The molecule has 4 rings (SSSR count). The maximum atomic E-state index is 13.5. The van der Waals surface area contributed by atoms with Crippen molar-refractivity contribution < 1.29 is 27.6 Å². The highest BCUT2D eigenvalue weighted by Crippen LogP contribution is 2.27. The van der Waals surface area contributed by atoms with Gasteiger partial charge in [0.05, 0.1) is 42.0 Å². The third-order valence-electron chi connectivity index (χ3n) is 6.22. The molecule has 1 aliphatic rings. The van der Waals surface area contributed by atoms with E-state index in [9.17, 15) is 23.3 Å². The molecule has 0 atom stereocenters. The standard InChI is InChI=1S/C27H29N5O7S/c1-20-3-10-25(11-4-20)40(36,37)31(22-5-8-24(38-2)9-6-22)19-27(33)29-28-18-21-17-23(32(34)35)7-12-26(21)30-13-15-39-16-14-30/h3-12,17-18H,13-16,19H2,1-2H3,(H,29,33)/b28-18+. The van der Waals surface area contributed by atoms with Crippen molar-refractivity contribution in [3.8, 4) is 5.75 Å². The van der Waals surface area contributed by atoms with E-state index in [1.165, 1.54) is 37.6 Å². The van der Waals surface area contributed by atoms with E-state index in [0.717, 1.165) is 9.87 Å². The van der Waals surface area contributed by atoms with Crippen LogP contribution in [0, 0.1) is 17.0 Å². The minimum absolute atomic E-state index is 0.0250. The van der Waals surface area contributed by atoms with Crippen molar-refractivity contribution in [3.05, 3.63) is 88.0 Å². The molecule has 3 aromatic carbocycles. The summed E-state index contributed by atoms with van der Waals surface area (Å²) in [7, 11) is -2.62. The highest BCUT2D eigenvalue weighted by atomic mass is 32.2. The number of anilines is 2. The van der Waals surface area contributed by atoms with Gasteiger partial charge in [-0.2, -0.15) is 5.10 Å². The van der Waals surface area contributed by atoms with Crippen LogP contribution >= 0.6 is 0 Å². The summed E-state index contributed by atoms with van der Waals surface area (Å²) in [5.41, 5.74) is 4.50. The van der Waals surface area contributed by atoms with Crippen molar-refractivity contribution in [1.82, 2.24) is 5.43 Å². The van der Waals surface area contributed by atoms with Crippen molar-refractivity contribution in [2.24, 2.45) is 5.10 Å². The second-order valence-electron chi connectivity index (χ2n) is 8.92. The number of carbonyl (C=O) groups is 1. The number of nitrogens with one attached hydrogen (secondary N) is 1. The number of ether oxygens (including phenoxy) is 2. The molecule has 0 unspecified atom stereocenters. The average molecular weight is 568 g/mol. The number of nitro groups is 1. The summed E-state index contributed by atoms with van der Waals surface area (Å²) < 4.78 is 38.6. The molecule has 12 nitrogen and oxygen atoms in total. The molecule has 0 radical (unpaired) electrons. The van der Waals surface area contributed by atoms with Gasteiger partial charge in [-0.15, -0.1) is 0 Å². The van der Waals surface area contributed by atoms with E-state index < -0.39 is 27.4 Å². The van der Waals surface area contributed by atoms with Crippen LogP contribution in [0.5, 0.6) is 5.75 Å². The number of carbonyl (C=O) groups excluding carboxylic acids is 1. The lowest BCUT2D eigenvalue weighted by Crippen LogP contribution is -2.39. The van der Waals surface area contributed by atoms with E-state index in [1.54, 1.807) is 42.5 Å². The topological polar surface area (TPSA) is 144 Å². The van der Waals surface area contributed by atoms with E-state index in [4.69, 9.17) is 9.47 Å². The zero-order valence-electron chi connectivity index (χ0n) is 22.0. The number of methoxy groups -OCH3 is 1. The van der Waals surface area contributed by atoms with Crippen LogP contribution < -0.4 is 19.4 Å². The fourth-order valence-electron chi connectivity index (χ4n) is 4.09. The highest BCUT2D eigenvalue weighted by molar-refractivity contribution is 7.92. The van der Waals surface area contributed by atoms with Crippen LogP contribution in [0.15, 0.2) is 76.7 Å². The number of non-ortho nitro benzene ring substituents is 1. The molecule has 13 heteroatoms. The minimum atomic E-state index is -4.11. The van der Waals surface area contributed by atoms with Gasteiger partial charge in [0.15, 0.2) is 0 Å². The van der Waals surface area contributed by atoms with Gasteiger partial charge in [0.2, 0.25) is 0 Å². The molecule has 0 saturated carbocycles. The van der Waals surface area contributed by atoms with Crippen LogP contribution in [-0.2, 0) is 19.6 Å². The molecule has 0 bridgehead atoms. The Morgan fingerprint density at radius 1 is 1.12 bits per heavy atom. The van der Waals surface area contributed by atoms with Crippen LogP contribution in [0.4, 0.5) is 17.1 Å². The number of hydrogen-bond donors (Lipinski definition) is 1. The summed E-state index contributed by atoms with van der Waals surface area (Å²) in [6, 6.07) is 17.0. The van der Waals surface area contributed by atoms with Gasteiger partial charge in [-0.05, 0) is 49.4 Å². The number of hydrazone groups is 1. The van der Waals surface area contributed by atoms with Gasteiger partial charge in [-0.3, -0.25) is 19.2 Å². The molecular formula is C27H29N5O7S. The Hall–Kier alpha value is -4.49. The SMILES string of the molecule is COc1ccc(N(CC(=O)N/N=C/c2cc([N+](=O)[O-])ccc2N2CCOCC2)S(=O)(=O)c2ccc(C)cc2)cc1. The number of aryl methyl sites for hydroxylation is 1. The molecule has 210 valence electrons. The first-order valence-corrected chi connectivity index (χ1v) is 13.8. The Balaban J connectivity index is 1.57. The lowest BCUT2D eigenvalue weighted by molar-refractivity contribution is -0.384. The van der Waals surface area contributed by atoms with Crippen molar-refractivity contribution in [3.63, 3.8) is 0 Å². The molecular weight excluding hydrogens is 538 g/mol. The van der Waals surface area contributed by atoms with Gasteiger partial charge in [-0.25, -0.2) is 13.8 Å². The Morgan fingerprint density at radius 2 is 1.80 bits per heavy atom. The third-order valence-corrected chi connectivity index (χ3v) is 8.01. The molecule has 1 N–H and O–H groups in total.